The lowest BCUT2D eigenvalue weighted by Gasteiger charge is -2.13. The number of methoxy groups -OCH3 is 1. The van der Waals surface area contributed by atoms with Crippen LogP contribution < -0.4 is 24.3 Å². The summed E-state index contributed by atoms with van der Waals surface area (Å²) in [6.07, 6.45) is 0. The Kier molecular flexibility index (Phi) is 6.40. The molecular weight excluding hydrogens is 432 g/mol. The Bertz CT molecular complexity index is 1130. The van der Waals surface area contributed by atoms with Crippen LogP contribution in [0.25, 0.3) is 0 Å². The number of nitrogens with one attached hydrogen (secondary N) is 1. The van der Waals surface area contributed by atoms with E-state index < -0.39 is 5.25 Å². The standard InChI is InChI=1S/C22H24N4O5S/c1-13-5-7-16(18(9-13)28-4)29-11-20-24-25-22(26(20)3)32-14(2)21(27)23-15-6-8-17-19(10-15)31-12-30-17/h5-10,14H,11-12H2,1-4H3,(H,23,27). The van der Waals surface area contributed by atoms with E-state index in [-0.39, 0.29) is 19.3 Å². The van der Waals surface area contributed by atoms with Crippen molar-refractivity contribution in [3.63, 3.8) is 0 Å². The van der Waals surface area contributed by atoms with Crippen LogP contribution in [0, 0.1) is 6.92 Å². The first-order valence-corrected chi connectivity index (χ1v) is 10.9. The van der Waals surface area contributed by atoms with Gasteiger partial charge in [0.2, 0.25) is 12.7 Å². The van der Waals surface area contributed by atoms with Crippen LogP contribution in [0.15, 0.2) is 41.6 Å². The largest absolute Gasteiger partial charge is 0.493 e. The van der Waals surface area contributed by atoms with Crippen molar-refractivity contribution in [2.45, 2.75) is 30.9 Å². The third-order valence-corrected chi connectivity index (χ3v) is 6.03. The summed E-state index contributed by atoms with van der Waals surface area (Å²) in [5, 5.41) is 11.5. The van der Waals surface area contributed by atoms with Crippen LogP contribution in [0.4, 0.5) is 5.69 Å². The van der Waals surface area contributed by atoms with Crippen LogP contribution in [0.2, 0.25) is 0 Å². The lowest BCUT2D eigenvalue weighted by Crippen LogP contribution is -2.22. The number of anilines is 1. The fourth-order valence-corrected chi connectivity index (χ4v) is 3.87. The van der Waals surface area contributed by atoms with Crippen molar-refractivity contribution in [1.29, 1.82) is 0 Å². The average Bonchev–Trinajstić information content (AvgIpc) is 3.39. The van der Waals surface area contributed by atoms with Crippen LogP contribution in [0.1, 0.15) is 18.3 Å². The maximum Gasteiger partial charge on any atom is 0.237 e. The predicted molar refractivity (Wildman–Crippen MR) is 120 cm³/mol. The van der Waals surface area contributed by atoms with Gasteiger partial charge < -0.3 is 28.8 Å². The Labute approximate surface area is 190 Å². The Morgan fingerprint density at radius 1 is 1.19 bits per heavy atom. The summed E-state index contributed by atoms with van der Waals surface area (Å²) in [4.78, 5) is 12.6. The van der Waals surface area contributed by atoms with Gasteiger partial charge in [-0.1, -0.05) is 17.8 Å². The number of amides is 1. The van der Waals surface area contributed by atoms with Gasteiger partial charge in [0.1, 0.15) is 6.61 Å². The molecule has 10 heteroatoms. The normalized spacial score (nSPS) is 13.0. The van der Waals surface area contributed by atoms with E-state index in [1.54, 1.807) is 25.3 Å². The molecule has 2 heterocycles. The first-order chi connectivity index (χ1) is 15.4. The second kappa shape index (κ2) is 9.39. The third kappa shape index (κ3) is 4.75. The molecule has 0 aliphatic carbocycles. The van der Waals surface area contributed by atoms with Crippen molar-refractivity contribution < 1.29 is 23.7 Å². The topological polar surface area (TPSA) is 96.7 Å². The van der Waals surface area contributed by atoms with Gasteiger partial charge in [0.25, 0.3) is 0 Å². The number of aryl methyl sites for hydroxylation is 1. The van der Waals surface area contributed by atoms with E-state index >= 15 is 0 Å². The van der Waals surface area contributed by atoms with E-state index in [0.29, 0.717) is 39.7 Å². The number of carbonyl (C=O) groups excluding carboxylic acids is 1. The summed E-state index contributed by atoms with van der Waals surface area (Å²) in [7, 11) is 3.45. The Hall–Kier alpha value is -3.40. The molecule has 1 aromatic heterocycles. The molecular formula is C22H24N4O5S. The second-order valence-electron chi connectivity index (χ2n) is 7.22. The van der Waals surface area contributed by atoms with Crippen LogP contribution >= 0.6 is 11.8 Å². The number of hydrogen-bond donors (Lipinski definition) is 1. The van der Waals surface area contributed by atoms with E-state index in [2.05, 4.69) is 15.5 Å². The molecule has 1 amide bonds. The summed E-state index contributed by atoms with van der Waals surface area (Å²) in [6.45, 7) is 4.21. The number of fused-ring (bicyclic) bond motifs is 1. The lowest BCUT2D eigenvalue weighted by molar-refractivity contribution is -0.115. The van der Waals surface area contributed by atoms with Gasteiger partial charge in [0, 0.05) is 18.8 Å². The zero-order valence-corrected chi connectivity index (χ0v) is 19.1. The molecule has 1 unspecified atom stereocenters. The third-order valence-electron chi connectivity index (χ3n) is 4.89. The predicted octanol–water partition coefficient (Wildman–Crippen LogP) is 3.56. The van der Waals surface area contributed by atoms with E-state index in [4.69, 9.17) is 18.9 Å². The van der Waals surface area contributed by atoms with Gasteiger partial charge >= 0.3 is 0 Å². The molecule has 0 spiro atoms. The fourth-order valence-electron chi connectivity index (χ4n) is 3.04. The summed E-state index contributed by atoms with van der Waals surface area (Å²) in [5.74, 6) is 3.06. The van der Waals surface area contributed by atoms with E-state index in [0.717, 1.165) is 5.56 Å². The maximum atomic E-state index is 12.6. The molecule has 0 saturated heterocycles. The average molecular weight is 457 g/mol. The molecule has 1 N–H and O–H groups in total. The molecule has 9 nitrogen and oxygen atoms in total. The molecule has 32 heavy (non-hydrogen) atoms. The Morgan fingerprint density at radius 3 is 2.81 bits per heavy atom. The zero-order chi connectivity index (χ0) is 22.7. The number of aromatic nitrogens is 3. The van der Waals surface area contributed by atoms with Crippen molar-refractivity contribution in [1.82, 2.24) is 14.8 Å². The van der Waals surface area contributed by atoms with Crippen molar-refractivity contribution in [2.75, 3.05) is 19.2 Å². The maximum absolute atomic E-state index is 12.6. The summed E-state index contributed by atoms with van der Waals surface area (Å²) in [5.41, 5.74) is 1.73. The molecule has 168 valence electrons. The number of thioether (sulfide) groups is 1. The molecule has 1 aliphatic rings. The number of carbonyl (C=O) groups is 1. The minimum absolute atomic E-state index is 0.154. The number of rotatable bonds is 8. The zero-order valence-electron chi connectivity index (χ0n) is 18.2. The van der Waals surface area contributed by atoms with Gasteiger partial charge in [-0.25, -0.2) is 0 Å². The van der Waals surface area contributed by atoms with E-state index in [1.807, 2.05) is 43.7 Å². The van der Waals surface area contributed by atoms with Crippen molar-refractivity contribution in [3.05, 3.63) is 47.8 Å². The molecule has 1 atom stereocenters. The first kappa shape index (κ1) is 21.8. The fraction of sp³-hybridized carbons (Fsp3) is 0.318. The van der Waals surface area contributed by atoms with Gasteiger partial charge in [-0.15, -0.1) is 10.2 Å². The summed E-state index contributed by atoms with van der Waals surface area (Å²) in [6, 6.07) is 11.0. The Balaban J connectivity index is 1.36. The highest BCUT2D eigenvalue weighted by Gasteiger charge is 2.21. The molecule has 0 saturated carbocycles. The molecule has 3 aromatic rings. The molecule has 4 rings (SSSR count). The van der Waals surface area contributed by atoms with Crippen LogP contribution in [0.5, 0.6) is 23.0 Å². The molecule has 0 fully saturated rings. The molecule has 0 radical (unpaired) electrons. The highest BCUT2D eigenvalue weighted by molar-refractivity contribution is 8.00. The summed E-state index contributed by atoms with van der Waals surface area (Å²) < 4.78 is 23.7. The highest BCUT2D eigenvalue weighted by Crippen LogP contribution is 2.34. The number of hydrogen-bond acceptors (Lipinski definition) is 8. The number of ether oxygens (including phenoxy) is 4. The SMILES string of the molecule is COc1cc(C)ccc1OCc1nnc(SC(C)C(=O)Nc2ccc3c(c2)OCO3)n1C. The first-order valence-electron chi connectivity index (χ1n) is 9.97. The van der Waals surface area contributed by atoms with Crippen LogP contribution in [-0.4, -0.2) is 39.8 Å². The van der Waals surface area contributed by atoms with Crippen LogP contribution in [0.3, 0.4) is 0 Å². The quantitative estimate of drug-likeness (QED) is 0.514. The smallest absolute Gasteiger partial charge is 0.237 e. The van der Waals surface area contributed by atoms with E-state index in [9.17, 15) is 4.79 Å². The van der Waals surface area contributed by atoms with Crippen molar-refractivity contribution >= 4 is 23.4 Å². The second-order valence-corrected chi connectivity index (χ2v) is 8.53. The lowest BCUT2D eigenvalue weighted by atomic mass is 10.2. The highest BCUT2D eigenvalue weighted by atomic mass is 32.2. The monoisotopic (exact) mass is 456 g/mol. The minimum Gasteiger partial charge on any atom is -0.493 e. The summed E-state index contributed by atoms with van der Waals surface area (Å²) >= 11 is 1.32. The van der Waals surface area contributed by atoms with Gasteiger partial charge in [0.05, 0.1) is 12.4 Å². The van der Waals surface area contributed by atoms with Crippen molar-refractivity contribution in [3.8, 4) is 23.0 Å². The van der Waals surface area contributed by atoms with Gasteiger partial charge in [-0.05, 0) is 43.7 Å². The molecule has 0 bridgehead atoms. The number of nitrogens with zero attached hydrogens (tertiary/aromatic N) is 3. The van der Waals surface area contributed by atoms with Gasteiger partial charge in [0.15, 0.2) is 34.0 Å². The minimum atomic E-state index is -0.394. The van der Waals surface area contributed by atoms with Gasteiger partial charge in [-0.2, -0.15) is 0 Å². The Morgan fingerprint density at radius 2 is 2.00 bits per heavy atom. The molecule has 2 aromatic carbocycles. The van der Waals surface area contributed by atoms with E-state index in [1.165, 1.54) is 11.8 Å². The van der Waals surface area contributed by atoms with Crippen LogP contribution in [-0.2, 0) is 18.4 Å². The molecule has 1 aliphatic heterocycles. The van der Waals surface area contributed by atoms with Gasteiger partial charge in [-0.3, -0.25) is 4.79 Å². The number of benzene rings is 2. The van der Waals surface area contributed by atoms with Crippen molar-refractivity contribution in [2.24, 2.45) is 7.05 Å².